The highest BCUT2D eigenvalue weighted by Gasteiger charge is 2.28. The van der Waals surface area contributed by atoms with Crippen LogP contribution in [0.1, 0.15) is 37.6 Å². The van der Waals surface area contributed by atoms with Gasteiger partial charge in [0.25, 0.3) is 0 Å². The molecule has 2 N–H and O–H groups in total. The minimum Gasteiger partial charge on any atom is -0.361 e. The quantitative estimate of drug-likeness (QED) is 0.828. The van der Waals surface area contributed by atoms with Gasteiger partial charge in [-0.15, -0.1) is 0 Å². The van der Waals surface area contributed by atoms with Crippen LogP contribution in [0.3, 0.4) is 0 Å². The van der Waals surface area contributed by atoms with Crippen molar-refractivity contribution in [2.75, 3.05) is 13.1 Å². The molecule has 1 aromatic heterocycles. The summed E-state index contributed by atoms with van der Waals surface area (Å²) in [7, 11) is 0. The fourth-order valence-electron chi connectivity index (χ4n) is 2.27. The van der Waals surface area contributed by atoms with Crippen molar-refractivity contribution in [3.05, 3.63) is 17.5 Å². The van der Waals surface area contributed by atoms with Gasteiger partial charge in [0.1, 0.15) is 11.8 Å². The first-order chi connectivity index (χ1) is 10.1. The smallest absolute Gasteiger partial charge is 0.244 e. The molecular formula is C14H22N4O3. The van der Waals surface area contributed by atoms with Crippen LogP contribution in [0.25, 0.3) is 0 Å². The lowest BCUT2D eigenvalue weighted by Gasteiger charge is -2.33. The molecule has 1 atom stereocenters. The summed E-state index contributed by atoms with van der Waals surface area (Å²) in [6.07, 6.45) is 2.59. The number of rotatable bonds is 5. The van der Waals surface area contributed by atoms with Crippen LogP contribution in [0, 0.1) is 6.92 Å². The second-order valence-corrected chi connectivity index (χ2v) is 5.27. The second kappa shape index (κ2) is 7.21. The largest absolute Gasteiger partial charge is 0.361 e. The van der Waals surface area contributed by atoms with Crippen molar-refractivity contribution in [1.29, 1.82) is 0 Å². The number of aryl methyl sites for hydroxylation is 1. The molecule has 2 rings (SSSR count). The van der Waals surface area contributed by atoms with E-state index in [1.807, 2.05) is 13.8 Å². The first-order valence-corrected chi connectivity index (χ1v) is 7.36. The van der Waals surface area contributed by atoms with Gasteiger partial charge in [-0.05, 0) is 26.2 Å². The molecule has 2 heterocycles. The third-order valence-corrected chi connectivity index (χ3v) is 3.36. The topological polar surface area (TPSA) is 87.5 Å². The van der Waals surface area contributed by atoms with Crippen LogP contribution in [0.5, 0.6) is 0 Å². The van der Waals surface area contributed by atoms with Gasteiger partial charge in [-0.25, -0.2) is 5.43 Å². The van der Waals surface area contributed by atoms with E-state index >= 15 is 0 Å². The maximum absolute atomic E-state index is 12.2. The van der Waals surface area contributed by atoms with Gasteiger partial charge >= 0.3 is 0 Å². The van der Waals surface area contributed by atoms with E-state index in [2.05, 4.69) is 15.9 Å². The Hall–Kier alpha value is -1.89. The Balaban J connectivity index is 1.88. The van der Waals surface area contributed by atoms with E-state index in [-0.39, 0.29) is 24.3 Å². The predicted octanol–water partition coefficient (Wildman–Crippen LogP) is 0.547. The van der Waals surface area contributed by atoms with E-state index < -0.39 is 0 Å². The molecule has 0 spiro atoms. The first-order valence-electron chi connectivity index (χ1n) is 7.36. The van der Waals surface area contributed by atoms with Crippen LogP contribution in [0.15, 0.2) is 10.6 Å². The summed E-state index contributed by atoms with van der Waals surface area (Å²) >= 11 is 0. The van der Waals surface area contributed by atoms with E-state index in [0.29, 0.717) is 18.8 Å². The molecular weight excluding hydrogens is 272 g/mol. The van der Waals surface area contributed by atoms with Gasteiger partial charge in [0.05, 0.1) is 12.1 Å². The Kier molecular flexibility index (Phi) is 5.32. The standard InChI is InChI=1S/C14H22N4O3/c1-3-6-15-14(20)12-5-4-7-18(16-12)13(19)9-11-8-10(2)17-21-11/h8,12,16H,3-7,9H2,1-2H3,(H,15,20). The number of nitrogens with zero attached hydrogens (tertiary/aromatic N) is 2. The van der Waals surface area contributed by atoms with E-state index in [1.165, 1.54) is 5.01 Å². The maximum atomic E-state index is 12.2. The predicted molar refractivity (Wildman–Crippen MR) is 76.1 cm³/mol. The zero-order chi connectivity index (χ0) is 15.2. The zero-order valence-electron chi connectivity index (χ0n) is 12.5. The van der Waals surface area contributed by atoms with Crippen LogP contribution < -0.4 is 10.7 Å². The summed E-state index contributed by atoms with van der Waals surface area (Å²) in [5.74, 6) is 0.376. The number of hydrazine groups is 1. The van der Waals surface area contributed by atoms with Crippen molar-refractivity contribution in [2.24, 2.45) is 0 Å². The van der Waals surface area contributed by atoms with Crippen molar-refractivity contribution in [3.63, 3.8) is 0 Å². The molecule has 0 radical (unpaired) electrons. The number of carbonyl (C=O) groups is 2. The Bertz CT molecular complexity index is 500. The highest BCUT2D eigenvalue weighted by Crippen LogP contribution is 2.10. The number of aromatic nitrogens is 1. The van der Waals surface area contributed by atoms with E-state index in [1.54, 1.807) is 6.07 Å². The van der Waals surface area contributed by atoms with Gasteiger partial charge in [0, 0.05) is 19.2 Å². The highest BCUT2D eigenvalue weighted by molar-refractivity contribution is 5.83. The molecule has 1 unspecified atom stereocenters. The highest BCUT2D eigenvalue weighted by atomic mass is 16.5. The molecule has 1 saturated heterocycles. The van der Waals surface area contributed by atoms with Crippen molar-refractivity contribution in [3.8, 4) is 0 Å². The van der Waals surface area contributed by atoms with Gasteiger partial charge in [0.2, 0.25) is 11.8 Å². The molecule has 7 nitrogen and oxygen atoms in total. The minimum absolute atomic E-state index is 0.0511. The third kappa shape index (κ3) is 4.29. The summed E-state index contributed by atoms with van der Waals surface area (Å²) in [5.41, 5.74) is 3.75. The van der Waals surface area contributed by atoms with Crippen molar-refractivity contribution in [1.82, 2.24) is 20.9 Å². The maximum Gasteiger partial charge on any atom is 0.244 e. The summed E-state index contributed by atoms with van der Waals surface area (Å²) < 4.78 is 5.05. The molecule has 1 aliphatic heterocycles. The molecule has 2 amide bonds. The van der Waals surface area contributed by atoms with Gasteiger partial charge in [0.15, 0.2) is 0 Å². The zero-order valence-corrected chi connectivity index (χ0v) is 12.5. The normalized spacial score (nSPS) is 18.6. The molecule has 1 fully saturated rings. The summed E-state index contributed by atoms with van der Waals surface area (Å²) in [6.45, 7) is 5.07. The Morgan fingerprint density at radius 2 is 2.38 bits per heavy atom. The third-order valence-electron chi connectivity index (χ3n) is 3.36. The van der Waals surface area contributed by atoms with Crippen LogP contribution in [0.2, 0.25) is 0 Å². The minimum atomic E-state index is -0.342. The molecule has 7 heteroatoms. The van der Waals surface area contributed by atoms with Crippen molar-refractivity contribution in [2.45, 2.75) is 45.6 Å². The monoisotopic (exact) mass is 294 g/mol. The molecule has 1 aliphatic rings. The fraction of sp³-hybridized carbons (Fsp3) is 0.643. The number of amides is 2. The van der Waals surface area contributed by atoms with Crippen LogP contribution in [-0.4, -0.2) is 41.1 Å². The Labute approximate surface area is 124 Å². The number of hydrogen-bond donors (Lipinski definition) is 2. The molecule has 0 saturated carbocycles. The lowest BCUT2D eigenvalue weighted by Crippen LogP contribution is -2.57. The van der Waals surface area contributed by atoms with Crippen molar-refractivity contribution < 1.29 is 14.1 Å². The Morgan fingerprint density at radius 3 is 3.05 bits per heavy atom. The van der Waals surface area contributed by atoms with Gasteiger partial charge < -0.3 is 9.84 Å². The summed E-state index contributed by atoms with van der Waals surface area (Å²) in [4.78, 5) is 24.1. The van der Waals surface area contributed by atoms with Crippen LogP contribution in [0.4, 0.5) is 0 Å². The SMILES string of the molecule is CCCNC(=O)C1CCCN(C(=O)Cc2cc(C)no2)N1. The molecule has 0 aromatic carbocycles. The average molecular weight is 294 g/mol. The number of carbonyl (C=O) groups excluding carboxylic acids is 2. The second-order valence-electron chi connectivity index (χ2n) is 5.27. The molecule has 0 aliphatic carbocycles. The van der Waals surface area contributed by atoms with E-state index in [9.17, 15) is 9.59 Å². The van der Waals surface area contributed by atoms with Crippen LogP contribution >= 0.6 is 0 Å². The van der Waals surface area contributed by atoms with E-state index in [4.69, 9.17) is 4.52 Å². The summed E-state index contributed by atoms with van der Waals surface area (Å²) in [6, 6.07) is 1.40. The van der Waals surface area contributed by atoms with Gasteiger partial charge in [-0.2, -0.15) is 0 Å². The molecule has 0 bridgehead atoms. The van der Waals surface area contributed by atoms with E-state index in [0.717, 1.165) is 25.0 Å². The number of hydrogen-bond acceptors (Lipinski definition) is 5. The first kappa shape index (κ1) is 15.5. The van der Waals surface area contributed by atoms with Crippen molar-refractivity contribution >= 4 is 11.8 Å². The average Bonchev–Trinajstić information content (AvgIpc) is 2.90. The van der Waals surface area contributed by atoms with Crippen LogP contribution in [-0.2, 0) is 16.0 Å². The lowest BCUT2D eigenvalue weighted by atomic mass is 10.1. The van der Waals surface area contributed by atoms with Gasteiger partial charge in [-0.3, -0.25) is 14.6 Å². The molecule has 21 heavy (non-hydrogen) atoms. The molecule has 1 aromatic rings. The Morgan fingerprint density at radius 1 is 1.57 bits per heavy atom. The lowest BCUT2D eigenvalue weighted by molar-refractivity contribution is -0.139. The summed E-state index contributed by atoms with van der Waals surface area (Å²) in [5, 5.41) is 8.12. The molecule has 116 valence electrons. The number of nitrogens with one attached hydrogen (secondary N) is 2. The fourth-order valence-corrected chi connectivity index (χ4v) is 2.27. The van der Waals surface area contributed by atoms with Gasteiger partial charge in [-0.1, -0.05) is 12.1 Å².